The lowest BCUT2D eigenvalue weighted by Gasteiger charge is -2.12. The molecule has 82 valence electrons. The second-order valence-corrected chi connectivity index (χ2v) is 4.24. The van der Waals surface area contributed by atoms with E-state index in [1.165, 1.54) is 11.1 Å². The highest BCUT2D eigenvalue weighted by molar-refractivity contribution is 5.59. The number of nitrogens with zero attached hydrogens (tertiary/aromatic N) is 1. The van der Waals surface area contributed by atoms with Gasteiger partial charge in [0.1, 0.15) is 6.04 Å². The number of para-hydroxylation sites is 1. The highest BCUT2D eigenvalue weighted by Gasteiger charge is 2.19. The van der Waals surface area contributed by atoms with Crippen molar-refractivity contribution in [3.63, 3.8) is 0 Å². The molecule has 2 nitrogen and oxygen atoms in total. The van der Waals surface area contributed by atoms with E-state index in [1.54, 1.807) is 0 Å². The van der Waals surface area contributed by atoms with Crippen molar-refractivity contribution in [3.8, 4) is 6.07 Å². The van der Waals surface area contributed by atoms with Crippen LogP contribution in [0.1, 0.15) is 22.7 Å². The molecule has 0 aromatic heterocycles. The van der Waals surface area contributed by atoms with Crippen LogP contribution < -0.4 is 5.32 Å². The maximum absolute atomic E-state index is 9.28. The topological polar surface area (TPSA) is 35.8 Å². The highest BCUT2D eigenvalue weighted by Crippen LogP contribution is 2.31. The minimum absolute atomic E-state index is 0.255. The monoisotopic (exact) mass is 220 g/mol. The third kappa shape index (κ3) is 1.66. The molecule has 0 radical (unpaired) electrons. The van der Waals surface area contributed by atoms with Gasteiger partial charge in [0.05, 0.1) is 6.07 Å². The minimum Gasteiger partial charge on any atom is -0.366 e. The molecule has 0 aliphatic carbocycles. The molecule has 0 fully saturated rings. The van der Waals surface area contributed by atoms with Crippen LogP contribution in [-0.2, 0) is 6.42 Å². The third-order valence-corrected chi connectivity index (χ3v) is 3.19. The van der Waals surface area contributed by atoms with Crippen LogP contribution in [0, 0.1) is 11.3 Å². The SMILES string of the molecule is N#CC1Nc2ccccc2Cc2ccccc21. The Morgan fingerprint density at radius 2 is 1.71 bits per heavy atom. The highest BCUT2D eigenvalue weighted by atomic mass is 14.9. The smallest absolute Gasteiger partial charge is 0.140 e. The van der Waals surface area contributed by atoms with E-state index < -0.39 is 0 Å². The average molecular weight is 220 g/mol. The summed E-state index contributed by atoms with van der Waals surface area (Å²) in [6, 6.07) is 18.4. The summed E-state index contributed by atoms with van der Waals surface area (Å²) in [6.07, 6.45) is 0.886. The summed E-state index contributed by atoms with van der Waals surface area (Å²) in [5, 5.41) is 12.6. The Morgan fingerprint density at radius 1 is 1.00 bits per heavy atom. The second kappa shape index (κ2) is 3.95. The predicted octanol–water partition coefficient (Wildman–Crippen LogP) is 3.27. The van der Waals surface area contributed by atoms with Crippen LogP contribution in [-0.4, -0.2) is 0 Å². The zero-order valence-corrected chi connectivity index (χ0v) is 9.35. The summed E-state index contributed by atoms with van der Waals surface area (Å²) in [6.45, 7) is 0. The van der Waals surface area contributed by atoms with E-state index in [0.717, 1.165) is 17.7 Å². The Balaban J connectivity index is 2.17. The Labute approximate surface area is 101 Å². The van der Waals surface area contributed by atoms with Gasteiger partial charge in [0, 0.05) is 5.69 Å². The lowest BCUT2D eigenvalue weighted by atomic mass is 9.98. The van der Waals surface area contributed by atoms with Crippen molar-refractivity contribution in [1.29, 1.82) is 5.26 Å². The van der Waals surface area contributed by atoms with E-state index in [4.69, 9.17) is 0 Å². The largest absolute Gasteiger partial charge is 0.366 e. The fourth-order valence-corrected chi connectivity index (χ4v) is 2.33. The number of hydrogen-bond acceptors (Lipinski definition) is 2. The Hall–Kier alpha value is -2.27. The molecule has 0 saturated heterocycles. The molecule has 1 unspecified atom stereocenters. The molecule has 0 bridgehead atoms. The third-order valence-electron chi connectivity index (χ3n) is 3.19. The number of fused-ring (bicyclic) bond motifs is 2. The number of hydrogen-bond donors (Lipinski definition) is 1. The molecule has 0 amide bonds. The van der Waals surface area contributed by atoms with Crippen molar-refractivity contribution in [3.05, 3.63) is 65.2 Å². The Kier molecular flexibility index (Phi) is 2.31. The van der Waals surface area contributed by atoms with E-state index >= 15 is 0 Å². The molecule has 2 aromatic carbocycles. The zero-order chi connectivity index (χ0) is 11.7. The van der Waals surface area contributed by atoms with E-state index in [2.05, 4.69) is 23.5 Å². The van der Waals surface area contributed by atoms with E-state index in [-0.39, 0.29) is 6.04 Å². The minimum atomic E-state index is -0.255. The van der Waals surface area contributed by atoms with Crippen LogP contribution in [0.5, 0.6) is 0 Å². The molecule has 0 saturated carbocycles. The van der Waals surface area contributed by atoms with Crippen molar-refractivity contribution < 1.29 is 0 Å². The van der Waals surface area contributed by atoms with Crippen molar-refractivity contribution in [1.82, 2.24) is 0 Å². The second-order valence-electron chi connectivity index (χ2n) is 4.24. The molecular weight excluding hydrogens is 208 g/mol. The number of benzene rings is 2. The first-order valence-electron chi connectivity index (χ1n) is 5.70. The van der Waals surface area contributed by atoms with Crippen molar-refractivity contribution in [2.24, 2.45) is 0 Å². The molecule has 2 aromatic rings. The molecule has 1 aliphatic rings. The van der Waals surface area contributed by atoms with Crippen LogP contribution in [0.3, 0.4) is 0 Å². The molecule has 1 atom stereocenters. The van der Waals surface area contributed by atoms with Crippen molar-refractivity contribution in [2.75, 3.05) is 5.32 Å². The first kappa shape index (κ1) is 9.92. The summed E-state index contributed by atoms with van der Waals surface area (Å²) in [4.78, 5) is 0. The van der Waals surface area contributed by atoms with Crippen LogP contribution in [0.2, 0.25) is 0 Å². The van der Waals surface area contributed by atoms with Gasteiger partial charge in [-0.3, -0.25) is 0 Å². The van der Waals surface area contributed by atoms with Crippen molar-refractivity contribution in [2.45, 2.75) is 12.5 Å². The van der Waals surface area contributed by atoms with Crippen LogP contribution in [0.25, 0.3) is 0 Å². The number of anilines is 1. The average Bonchev–Trinajstić information content (AvgIpc) is 2.54. The van der Waals surface area contributed by atoms with Crippen LogP contribution >= 0.6 is 0 Å². The number of rotatable bonds is 0. The first-order chi connectivity index (χ1) is 8.38. The summed E-state index contributed by atoms with van der Waals surface area (Å²) in [5.41, 5.74) is 4.63. The van der Waals surface area contributed by atoms with Gasteiger partial charge in [-0.25, -0.2) is 0 Å². The molecule has 1 N–H and O–H groups in total. The van der Waals surface area contributed by atoms with Gasteiger partial charge in [0.25, 0.3) is 0 Å². The maximum atomic E-state index is 9.28. The summed E-state index contributed by atoms with van der Waals surface area (Å²) < 4.78 is 0. The molecule has 0 spiro atoms. The van der Waals surface area contributed by atoms with E-state index in [1.807, 2.05) is 36.4 Å². The van der Waals surface area contributed by atoms with Gasteiger partial charge in [-0.05, 0) is 29.2 Å². The predicted molar refractivity (Wildman–Crippen MR) is 67.7 cm³/mol. The van der Waals surface area contributed by atoms with Crippen LogP contribution in [0.15, 0.2) is 48.5 Å². The van der Waals surface area contributed by atoms with Crippen molar-refractivity contribution >= 4 is 5.69 Å². The van der Waals surface area contributed by atoms with E-state index in [0.29, 0.717) is 0 Å². The lowest BCUT2D eigenvalue weighted by Crippen LogP contribution is -2.08. The summed E-state index contributed by atoms with van der Waals surface area (Å²) in [5.74, 6) is 0. The number of nitrogens with one attached hydrogen (secondary N) is 1. The Bertz CT molecular complexity index is 596. The van der Waals surface area contributed by atoms with Gasteiger partial charge in [-0.2, -0.15) is 5.26 Å². The number of nitriles is 1. The summed E-state index contributed by atoms with van der Waals surface area (Å²) >= 11 is 0. The van der Waals surface area contributed by atoms with Gasteiger partial charge < -0.3 is 5.32 Å². The maximum Gasteiger partial charge on any atom is 0.140 e. The molecular formula is C15H12N2. The normalized spacial score (nSPS) is 17.0. The lowest BCUT2D eigenvalue weighted by molar-refractivity contribution is 0.990. The Morgan fingerprint density at radius 3 is 2.53 bits per heavy atom. The summed E-state index contributed by atoms with van der Waals surface area (Å²) in [7, 11) is 0. The van der Waals surface area contributed by atoms with Crippen LogP contribution in [0.4, 0.5) is 5.69 Å². The molecule has 2 heteroatoms. The quantitative estimate of drug-likeness (QED) is 0.739. The molecule has 1 aliphatic heterocycles. The molecule has 17 heavy (non-hydrogen) atoms. The molecule has 3 rings (SSSR count). The van der Waals surface area contributed by atoms with Gasteiger partial charge >= 0.3 is 0 Å². The standard InChI is InChI=1S/C15H12N2/c16-10-15-13-7-3-1-5-11(13)9-12-6-2-4-8-14(12)17-15/h1-8,15,17H,9H2. The molecule has 1 heterocycles. The van der Waals surface area contributed by atoms with Gasteiger partial charge in [-0.1, -0.05) is 42.5 Å². The fraction of sp³-hybridized carbons (Fsp3) is 0.133. The van der Waals surface area contributed by atoms with Gasteiger partial charge in [0.2, 0.25) is 0 Å². The van der Waals surface area contributed by atoms with Gasteiger partial charge in [-0.15, -0.1) is 0 Å². The first-order valence-corrected chi connectivity index (χ1v) is 5.70. The van der Waals surface area contributed by atoms with Gasteiger partial charge in [0.15, 0.2) is 0 Å². The zero-order valence-electron chi connectivity index (χ0n) is 9.35. The fourth-order valence-electron chi connectivity index (χ4n) is 2.33. The van der Waals surface area contributed by atoms with E-state index in [9.17, 15) is 5.26 Å².